The minimum Gasteiger partial charge on any atom is -0.388 e. The first kappa shape index (κ1) is 13.3. The second-order valence-electron chi connectivity index (χ2n) is 4.73. The van der Waals surface area contributed by atoms with E-state index in [9.17, 15) is 9.90 Å². The Morgan fingerprint density at radius 3 is 2.67 bits per heavy atom. The zero-order valence-corrected chi connectivity index (χ0v) is 10.9. The van der Waals surface area contributed by atoms with E-state index in [-0.39, 0.29) is 12.5 Å². The fourth-order valence-corrected chi connectivity index (χ4v) is 2.32. The Bertz CT molecular complexity index is 442. The number of nitrogens with zero attached hydrogens (tertiary/aromatic N) is 1. The lowest BCUT2D eigenvalue weighted by Gasteiger charge is -2.37. The van der Waals surface area contributed by atoms with E-state index in [4.69, 9.17) is 17.3 Å². The van der Waals surface area contributed by atoms with Crippen LogP contribution in [-0.2, 0) is 0 Å². The third kappa shape index (κ3) is 2.83. The van der Waals surface area contributed by atoms with Gasteiger partial charge in [-0.25, -0.2) is 0 Å². The van der Waals surface area contributed by atoms with Crippen LogP contribution in [0, 0.1) is 0 Å². The summed E-state index contributed by atoms with van der Waals surface area (Å²) in [6, 6.07) is 6.91. The molecule has 1 aliphatic rings. The maximum absolute atomic E-state index is 12.2. The van der Waals surface area contributed by atoms with E-state index in [0.717, 1.165) is 0 Å². The molecule has 0 atom stereocenters. The first-order valence-corrected chi connectivity index (χ1v) is 6.39. The van der Waals surface area contributed by atoms with Crippen LogP contribution in [0.2, 0.25) is 5.02 Å². The quantitative estimate of drug-likeness (QED) is 0.849. The van der Waals surface area contributed by atoms with Crippen molar-refractivity contribution in [3.8, 4) is 0 Å². The van der Waals surface area contributed by atoms with Crippen LogP contribution in [-0.4, -0.2) is 41.1 Å². The molecule has 0 unspecified atom stereocenters. The molecule has 0 bridgehead atoms. The second-order valence-corrected chi connectivity index (χ2v) is 5.17. The van der Waals surface area contributed by atoms with E-state index in [2.05, 4.69) is 0 Å². The van der Waals surface area contributed by atoms with Gasteiger partial charge in [-0.3, -0.25) is 4.79 Å². The van der Waals surface area contributed by atoms with E-state index in [1.165, 1.54) is 0 Å². The zero-order chi connectivity index (χ0) is 13.2. The van der Waals surface area contributed by atoms with E-state index in [1.807, 2.05) is 0 Å². The highest BCUT2D eigenvalue weighted by atomic mass is 35.5. The lowest BCUT2D eigenvalue weighted by molar-refractivity contribution is -0.00951. The molecule has 98 valence electrons. The number of piperidine rings is 1. The number of halogens is 1. The Balaban J connectivity index is 2.04. The summed E-state index contributed by atoms with van der Waals surface area (Å²) in [4.78, 5) is 13.9. The van der Waals surface area contributed by atoms with Crippen molar-refractivity contribution in [1.82, 2.24) is 4.90 Å². The fraction of sp³-hybridized carbons (Fsp3) is 0.462. The van der Waals surface area contributed by atoms with Crippen molar-refractivity contribution in [2.45, 2.75) is 18.4 Å². The average Bonchev–Trinajstić information content (AvgIpc) is 2.39. The second kappa shape index (κ2) is 5.26. The third-order valence-electron chi connectivity index (χ3n) is 3.43. The molecule has 1 amide bonds. The number of nitrogens with two attached hydrogens (primary N) is 1. The van der Waals surface area contributed by atoms with Crippen molar-refractivity contribution in [2.75, 3.05) is 19.6 Å². The maximum atomic E-state index is 12.2. The molecule has 3 N–H and O–H groups in total. The predicted molar refractivity (Wildman–Crippen MR) is 70.6 cm³/mol. The van der Waals surface area contributed by atoms with Gasteiger partial charge in [0.25, 0.3) is 5.91 Å². The predicted octanol–water partition coefficient (Wildman–Crippen LogP) is 1.27. The van der Waals surface area contributed by atoms with Crippen LogP contribution in [0.5, 0.6) is 0 Å². The molecule has 2 rings (SSSR count). The molecule has 1 fully saturated rings. The summed E-state index contributed by atoms with van der Waals surface area (Å²) in [5.74, 6) is -0.0448. The van der Waals surface area contributed by atoms with Gasteiger partial charge in [0.15, 0.2) is 0 Å². The van der Waals surface area contributed by atoms with Crippen molar-refractivity contribution in [3.05, 3.63) is 34.9 Å². The fourth-order valence-electron chi connectivity index (χ4n) is 2.13. The lowest BCUT2D eigenvalue weighted by Crippen LogP contribution is -2.50. The normalized spacial score (nSPS) is 18.7. The molecule has 1 heterocycles. The van der Waals surface area contributed by atoms with E-state index in [1.54, 1.807) is 29.2 Å². The Kier molecular flexibility index (Phi) is 3.90. The van der Waals surface area contributed by atoms with Gasteiger partial charge < -0.3 is 15.7 Å². The number of hydrogen-bond acceptors (Lipinski definition) is 3. The standard InChI is InChI=1S/C13H17ClN2O2/c14-11-3-1-2-10(8-11)12(17)16-6-4-13(18,9-15)5-7-16/h1-3,8,18H,4-7,9,15H2. The summed E-state index contributed by atoms with van der Waals surface area (Å²) in [5.41, 5.74) is 5.29. The van der Waals surface area contributed by atoms with Crippen LogP contribution in [0.15, 0.2) is 24.3 Å². The van der Waals surface area contributed by atoms with Crippen LogP contribution in [0.25, 0.3) is 0 Å². The molecule has 1 saturated heterocycles. The van der Waals surface area contributed by atoms with Gasteiger partial charge in [-0.05, 0) is 31.0 Å². The van der Waals surface area contributed by atoms with Gasteiger partial charge in [0.2, 0.25) is 0 Å². The van der Waals surface area contributed by atoms with Crippen LogP contribution in [0.4, 0.5) is 0 Å². The van der Waals surface area contributed by atoms with Gasteiger partial charge in [-0.15, -0.1) is 0 Å². The number of hydrogen-bond donors (Lipinski definition) is 2. The van der Waals surface area contributed by atoms with E-state index in [0.29, 0.717) is 36.5 Å². The largest absolute Gasteiger partial charge is 0.388 e. The Morgan fingerprint density at radius 1 is 1.44 bits per heavy atom. The van der Waals surface area contributed by atoms with Crippen LogP contribution < -0.4 is 5.73 Å². The highest BCUT2D eigenvalue weighted by Crippen LogP contribution is 2.22. The van der Waals surface area contributed by atoms with Crippen molar-refractivity contribution in [1.29, 1.82) is 0 Å². The van der Waals surface area contributed by atoms with Crippen molar-refractivity contribution in [3.63, 3.8) is 0 Å². The Morgan fingerprint density at radius 2 is 2.11 bits per heavy atom. The smallest absolute Gasteiger partial charge is 0.253 e. The molecule has 1 aliphatic heterocycles. The van der Waals surface area contributed by atoms with Gasteiger partial charge in [-0.1, -0.05) is 17.7 Å². The molecule has 5 heteroatoms. The summed E-state index contributed by atoms with van der Waals surface area (Å²) < 4.78 is 0. The highest BCUT2D eigenvalue weighted by molar-refractivity contribution is 6.30. The van der Waals surface area contributed by atoms with Gasteiger partial charge in [0.05, 0.1) is 5.60 Å². The molecule has 0 saturated carbocycles. The molecule has 4 nitrogen and oxygen atoms in total. The topological polar surface area (TPSA) is 66.6 Å². The highest BCUT2D eigenvalue weighted by Gasteiger charge is 2.32. The molecule has 0 spiro atoms. The van der Waals surface area contributed by atoms with E-state index < -0.39 is 5.60 Å². The van der Waals surface area contributed by atoms with Crippen LogP contribution in [0.1, 0.15) is 23.2 Å². The molecular formula is C13H17ClN2O2. The summed E-state index contributed by atoms with van der Waals surface area (Å²) in [7, 11) is 0. The average molecular weight is 269 g/mol. The number of amides is 1. The summed E-state index contributed by atoms with van der Waals surface area (Å²) in [6.07, 6.45) is 1.05. The molecular weight excluding hydrogens is 252 g/mol. The van der Waals surface area contributed by atoms with Crippen molar-refractivity contribution < 1.29 is 9.90 Å². The summed E-state index contributed by atoms with van der Waals surface area (Å²) >= 11 is 5.87. The lowest BCUT2D eigenvalue weighted by atomic mass is 9.91. The summed E-state index contributed by atoms with van der Waals surface area (Å²) in [5, 5.41) is 10.6. The molecule has 0 radical (unpaired) electrons. The number of aliphatic hydroxyl groups is 1. The van der Waals surface area contributed by atoms with Gasteiger partial charge >= 0.3 is 0 Å². The van der Waals surface area contributed by atoms with Crippen LogP contribution in [0.3, 0.4) is 0 Å². The Hall–Kier alpha value is -1.10. The molecule has 0 aliphatic carbocycles. The number of rotatable bonds is 2. The van der Waals surface area contributed by atoms with Crippen molar-refractivity contribution in [2.24, 2.45) is 5.73 Å². The van der Waals surface area contributed by atoms with Gasteiger partial charge in [0, 0.05) is 30.2 Å². The number of carbonyl (C=O) groups excluding carboxylic acids is 1. The number of benzene rings is 1. The van der Waals surface area contributed by atoms with Crippen molar-refractivity contribution >= 4 is 17.5 Å². The van der Waals surface area contributed by atoms with Gasteiger partial charge in [0.1, 0.15) is 0 Å². The minimum atomic E-state index is -0.814. The molecule has 1 aromatic carbocycles. The van der Waals surface area contributed by atoms with Crippen LogP contribution >= 0.6 is 11.6 Å². The van der Waals surface area contributed by atoms with E-state index >= 15 is 0 Å². The summed E-state index contributed by atoms with van der Waals surface area (Å²) in [6.45, 7) is 1.30. The monoisotopic (exact) mass is 268 g/mol. The maximum Gasteiger partial charge on any atom is 0.253 e. The number of carbonyl (C=O) groups is 1. The first-order valence-electron chi connectivity index (χ1n) is 6.01. The SMILES string of the molecule is NCC1(O)CCN(C(=O)c2cccc(Cl)c2)CC1. The minimum absolute atomic E-state index is 0.0448. The first-order chi connectivity index (χ1) is 8.54. The number of likely N-dealkylation sites (tertiary alicyclic amines) is 1. The Labute approximate surface area is 111 Å². The third-order valence-corrected chi connectivity index (χ3v) is 3.67. The zero-order valence-electron chi connectivity index (χ0n) is 10.1. The molecule has 1 aromatic rings. The van der Waals surface area contributed by atoms with Gasteiger partial charge in [-0.2, -0.15) is 0 Å². The molecule has 18 heavy (non-hydrogen) atoms. The molecule has 0 aromatic heterocycles.